The zero-order valence-electron chi connectivity index (χ0n) is 9.79. The second-order valence-electron chi connectivity index (χ2n) is 4.59. The maximum Gasteiger partial charge on any atom is 0.0519 e. The Morgan fingerprint density at radius 3 is 2.89 bits per heavy atom. The lowest BCUT2D eigenvalue weighted by Crippen LogP contribution is -2.06. The van der Waals surface area contributed by atoms with Crippen LogP contribution in [0, 0.1) is 3.57 Å². The van der Waals surface area contributed by atoms with Crippen LogP contribution in [0.5, 0.6) is 0 Å². The number of nitrogens with one attached hydrogen (secondary N) is 1. The zero-order chi connectivity index (χ0) is 12.5. The molecule has 0 radical (unpaired) electrons. The van der Waals surface area contributed by atoms with Crippen LogP contribution in [0.1, 0.15) is 23.6 Å². The van der Waals surface area contributed by atoms with Crippen LogP contribution in [0.3, 0.4) is 0 Å². The lowest BCUT2D eigenvalue weighted by Gasteiger charge is -2.15. The van der Waals surface area contributed by atoms with Crippen LogP contribution >= 0.6 is 34.2 Å². The predicted octanol–water partition coefficient (Wildman–Crippen LogP) is 5.04. The van der Waals surface area contributed by atoms with E-state index in [1.165, 1.54) is 20.4 Å². The molecule has 92 valence electrons. The fourth-order valence-electron chi connectivity index (χ4n) is 2.52. The van der Waals surface area contributed by atoms with Crippen molar-refractivity contribution in [2.45, 2.75) is 18.9 Å². The molecule has 3 heteroatoms. The molecule has 0 amide bonds. The van der Waals surface area contributed by atoms with Gasteiger partial charge in [0.2, 0.25) is 0 Å². The first kappa shape index (κ1) is 12.3. The Morgan fingerprint density at radius 1 is 1.17 bits per heavy atom. The molecule has 0 heterocycles. The number of anilines is 1. The summed E-state index contributed by atoms with van der Waals surface area (Å²) in [6.07, 6.45) is 2.25. The number of benzene rings is 2. The molecule has 0 bridgehead atoms. The van der Waals surface area contributed by atoms with Crippen molar-refractivity contribution in [3.8, 4) is 0 Å². The van der Waals surface area contributed by atoms with Gasteiger partial charge in [-0.2, -0.15) is 0 Å². The summed E-state index contributed by atoms with van der Waals surface area (Å²) >= 11 is 8.37. The van der Waals surface area contributed by atoms with Crippen molar-refractivity contribution in [1.29, 1.82) is 0 Å². The van der Waals surface area contributed by atoms with E-state index in [4.69, 9.17) is 11.6 Å². The fourth-order valence-corrected chi connectivity index (χ4v) is 3.25. The van der Waals surface area contributed by atoms with Crippen LogP contribution in [0.2, 0.25) is 5.02 Å². The van der Waals surface area contributed by atoms with Gasteiger partial charge in [0.25, 0.3) is 0 Å². The van der Waals surface area contributed by atoms with Gasteiger partial charge >= 0.3 is 0 Å². The zero-order valence-corrected chi connectivity index (χ0v) is 12.7. The molecule has 0 saturated heterocycles. The van der Waals surface area contributed by atoms with Crippen molar-refractivity contribution in [2.75, 3.05) is 5.32 Å². The quantitative estimate of drug-likeness (QED) is 0.731. The van der Waals surface area contributed by atoms with Crippen molar-refractivity contribution in [3.05, 3.63) is 62.2 Å². The molecule has 1 aliphatic rings. The summed E-state index contributed by atoms with van der Waals surface area (Å²) in [5, 5.41) is 4.45. The maximum absolute atomic E-state index is 6.03. The lowest BCUT2D eigenvalue weighted by molar-refractivity contribution is 0.762. The largest absolute Gasteiger partial charge is 0.378 e. The van der Waals surface area contributed by atoms with Crippen LogP contribution < -0.4 is 5.32 Å². The molecule has 0 saturated carbocycles. The standard InChI is InChI=1S/C15H13ClIN/c16-11-5-6-14-10(8-11)4-7-15(14)18-13-3-1-2-12(17)9-13/h1-3,5-6,8-9,15,18H,4,7H2. The molecule has 0 aromatic heterocycles. The van der Waals surface area contributed by atoms with Crippen molar-refractivity contribution < 1.29 is 0 Å². The molecule has 0 aliphatic heterocycles. The smallest absolute Gasteiger partial charge is 0.0519 e. The molecular weight excluding hydrogens is 357 g/mol. The predicted molar refractivity (Wildman–Crippen MR) is 85.3 cm³/mol. The number of aryl methyl sites for hydroxylation is 1. The van der Waals surface area contributed by atoms with E-state index in [1.807, 2.05) is 6.07 Å². The van der Waals surface area contributed by atoms with E-state index in [-0.39, 0.29) is 0 Å². The molecular formula is C15H13ClIN. The minimum absolute atomic E-state index is 0.412. The Hall–Kier alpha value is -0.740. The van der Waals surface area contributed by atoms with Crippen LogP contribution in [-0.2, 0) is 6.42 Å². The van der Waals surface area contributed by atoms with Gasteiger partial charge in [0.1, 0.15) is 0 Å². The van der Waals surface area contributed by atoms with Gasteiger partial charge in [-0.1, -0.05) is 23.7 Å². The van der Waals surface area contributed by atoms with E-state index in [9.17, 15) is 0 Å². The van der Waals surface area contributed by atoms with E-state index in [1.54, 1.807) is 0 Å². The van der Waals surface area contributed by atoms with Gasteiger partial charge < -0.3 is 5.32 Å². The number of hydrogen-bond acceptors (Lipinski definition) is 1. The van der Waals surface area contributed by atoms with E-state index in [0.717, 1.165) is 17.9 Å². The highest BCUT2D eigenvalue weighted by molar-refractivity contribution is 14.1. The van der Waals surface area contributed by atoms with Gasteiger partial charge in [0, 0.05) is 14.3 Å². The van der Waals surface area contributed by atoms with E-state index in [0.29, 0.717) is 6.04 Å². The molecule has 1 N–H and O–H groups in total. The molecule has 2 aromatic carbocycles. The topological polar surface area (TPSA) is 12.0 Å². The maximum atomic E-state index is 6.03. The Bertz CT molecular complexity index is 582. The SMILES string of the molecule is Clc1ccc2c(c1)CCC2Nc1cccc(I)c1. The third kappa shape index (κ3) is 2.50. The molecule has 2 aromatic rings. The Morgan fingerprint density at radius 2 is 2.06 bits per heavy atom. The molecule has 1 nitrogen and oxygen atoms in total. The third-order valence-corrected chi connectivity index (χ3v) is 4.25. The van der Waals surface area contributed by atoms with E-state index < -0.39 is 0 Å². The van der Waals surface area contributed by atoms with E-state index >= 15 is 0 Å². The molecule has 18 heavy (non-hydrogen) atoms. The molecule has 0 fully saturated rings. The van der Waals surface area contributed by atoms with Gasteiger partial charge in [-0.3, -0.25) is 0 Å². The van der Waals surface area contributed by atoms with Gasteiger partial charge in [0.15, 0.2) is 0 Å². The van der Waals surface area contributed by atoms with Gasteiger partial charge in [-0.25, -0.2) is 0 Å². The van der Waals surface area contributed by atoms with Crippen molar-refractivity contribution >= 4 is 39.9 Å². The van der Waals surface area contributed by atoms with Crippen LogP contribution in [0.25, 0.3) is 0 Å². The molecule has 0 spiro atoms. The summed E-state index contributed by atoms with van der Waals surface area (Å²) in [5.74, 6) is 0. The Labute approximate surface area is 126 Å². The highest BCUT2D eigenvalue weighted by atomic mass is 127. The summed E-state index contributed by atoms with van der Waals surface area (Å²) < 4.78 is 1.26. The first-order valence-electron chi connectivity index (χ1n) is 6.03. The lowest BCUT2D eigenvalue weighted by atomic mass is 10.1. The Balaban J connectivity index is 1.85. The fraction of sp³-hybridized carbons (Fsp3) is 0.200. The minimum Gasteiger partial charge on any atom is -0.378 e. The molecule has 1 aliphatic carbocycles. The highest BCUT2D eigenvalue weighted by Gasteiger charge is 2.22. The number of halogens is 2. The minimum atomic E-state index is 0.412. The summed E-state index contributed by atoms with van der Waals surface area (Å²) in [6, 6.07) is 15.1. The Kier molecular flexibility index (Phi) is 3.48. The average molecular weight is 370 g/mol. The van der Waals surface area contributed by atoms with Crippen molar-refractivity contribution in [3.63, 3.8) is 0 Å². The van der Waals surface area contributed by atoms with Crippen molar-refractivity contribution in [2.24, 2.45) is 0 Å². The monoisotopic (exact) mass is 369 g/mol. The third-order valence-electron chi connectivity index (χ3n) is 3.35. The highest BCUT2D eigenvalue weighted by Crippen LogP contribution is 2.35. The summed E-state index contributed by atoms with van der Waals surface area (Å²) in [6.45, 7) is 0. The van der Waals surface area contributed by atoms with Gasteiger partial charge in [-0.05, 0) is 76.9 Å². The first-order valence-corrected chi connectivity index (χ1v) is 7.48. The second kappa shape index (κ2) is 5.10. The first-order chi connectivity index (χ1) is 8.72. The molecule has 1 atom stereocenters. The van der Waals surface area contributed by atoms with Gasteiger partial charge in [0.05, 0.1) is 6.04 Å². The van der Waals surface area contributed by atoms with Gasteiger partial charge in [-0.15, -0.1) is 0 Å². The number of fused-ring (bicyclic) bond motifs is 1. The number of hydrogen-bond donors (Lipinski definition) is 1. The van der Waals surface area contributed by atoms with Crippen molar-refractivity contribution in [1.82, 2.24) is 0 Å². The van der Waals surface area contributed by atoms with E-state index in [2.05, 4.69) is 64.3 Å². The van der Waals surface area contributed by atoms with Crippen LogP contribution in [0.4, 0.5) is 5.69 Å². The number of rotatable bonds is 2. The van der Waals surface area contributed by atoms with Crippen LogP contribution in [-0.4, -0.2) is 0 Å². The average Bonchev–Trinajstić information content (AvgIpc) is 2.72. The molecule has 1 unspecified atom stereocenters. The van der Waals surface area contributed by atoms with Crippen LogP contribution in [0.15, 0.2) is 42.5 Å². The summed E-state index contributed by atoms with van der Waals surface area (Å²) in [4.78, 5) is 0. The summed E-state index contributed by atoms with van der Waals surface area (Å²) in [7, 11) is 0. The second-order valence-corrected chi connectivity index (χ2v) is 6.27. The molecule has 3 rings (SSSR count). The normalized spacial score (nSPS) is 17.6. The summed E-state index contributed by atoms with van der Waals surface area (Å²) in [5.41, 5.74) is 3.96.